The molecule has 0 unspecified atom stereocenters. The van der Waals surface area contributed by atoms with Gasteiger partial charge in [-0.25, -0.2) is 9.97 Å². The van der Waals surface area contributed by atoms with Crippen molar-refractivity contribution < 1.29 is 0 Å². The molecular formula is C15H13N5. The maximum absolute atomic E-state index is 9.01. The van der Waals surface area contributed by atoms with Crippen LogP contribution >= 0.6 is 0 Å². The molecule has 0 aliphatic heterocycles. The van der Waals surface area contributed by atoms with Crippen LogP contribution in [0.2, 0.25) is 0 Å². The summed E-state index contributed by atoms with van der Waals surface area (Å²) >= 11 is 0. The number of fused-ring (bicyclic) bond motifs is 1. The summed E-state index contributed by atoms with van der Waals surface area (Å²) in [5.41, 5.74) is 2.46. The fraction of sp³-hybridized carbons (Fsp3) is 0.133. The number of benzene rings is 1. The van der Waals surface area contributed by atoms with E-state index in [1.54, 1.807) is 13.0 Å². The Bertz CT molecular complexity index is 812. The van der Waals surface area contributed by atoms with Crippen molar-refractivity contribution in [3.63, 3.8) is 0 Å². The lowest BCUT2D eigenvalue weighted by Gasteiger charge is -2.17. The van der Waals surface area contributed by atoms with Gasteiger partial charge < -0.3 is 9.88 Å². The number of hydrogen-bond donors (Lipinski definition) is 1. The molecule has 1 N–H and O–H groups in total. The highest BCUT2D eigenvalue weighted by atomic mass is 15.2. The van der Waals surface area contributed by atoms with Crippen LogP contribution in [-0.2, 0) is 0 Å². The number of hydrogen-bond acceptors (Lipinski definition) is 4. The summed E-state index contributed by atoms with van der Waals surface area (Å²) in [6.07, 6.45) is 1.94. The average Bonchev–Trinajstić information content (AvgIpc) is 2.89. The molecule has 5 nitrogen and oxygen atoms in total. The number of nitriles is 1. The van der Waals surface area contributed by atoms with Gasteiger partial charge in [0.1, 0.15) is 23.4 Å². The Morgan fingerprint density at radius 3 is 2.85 bits per heavy atom. The van der Waals surface area contributed by atoms with Gasteiger partial charge in [0, 0.05) is 30.2 Å². The van der Waals surface area contributed by atoms with Gasteiger partial charge in [0.15, 0.2) is 0 Å². The molecule has 0 atom stereocenters. The summed E-state index contributed by atoms with van der Waals surface area (Å²) in [7, 11) is 1.93. The largest absolute Gasteiger partial charge is 0.359 e. The zero-order chi connectivity index (χ0) is 14.1. The Morgan fingerprint density at radius 2 is 2.05 bits per heavy atom. The first-order valence-corrected chi connectivity index (χ1v) is 6.24. The molecule has 3 rings (SSSR count). The van der Waals surface area contributed by atoms with Crippen molar-refractivity contribution >= 4 is 22.4 Å². The highest BCUT2D eigenvalue weighted by Gasteiger charge is 2.12. The maximum atomic E-state index is 9.01. The van der Waals surface area contributed by atoms with Gasteiger partial charge >= 0.3 is 0 Å². The van der Waals surface area contributed by atoms with E-state index in [0.717, 1.165) is 16.6 Å². The highest BCUT2D eigenvalue weighted by Crippen LogP contribution is 2.30. The molecule has 20 heavy (non-hydrogen) atoms. The Kier molecular flexibility index (Phi) is 2.84. The molecule has 0 saturated carbocycles. The van der Waals surface area contributed by atoms with Crippen LogP contribution in [0.15, 0.2) is 36.5 Å². The monoisotopic (exact) mass is 263 g/mol. The topological polar surface area (TPSA) is 68.6 Å². The Morgan fingerprint density at radius 1 is 1.25 bits per heavy atom. The lowest BCUT2D eigenvalue weighted by molar-refractivity contribution is 1.00. The van der Waals surface area contributed by atoms with Crippen molar-refractivity contribution in [3.8, 4) is 6.07 Å². The van der Waals surface area contributed by atoms with E-state index in [1.165, 1.54) is 0 Å². The zero-order valence-electron chi connectivity index (χ0n) is 11.3. The number of aromatic nitrogens is 3. The number of aromatic amines is 1. The molecule has 0 saturated heterocycles. The highest BCUT2D eigenvalue weighted by molar-refractivity contribution is 5.94. The van der Waals surface area contributed by atoms with Gasteiger partial charge in [-0.1, -0.05) is 18.2 Å². The van der Waals surface area contributed by atoms with Crippen molar-refractivity contribution in [1.29, 1.82) is 5.26 Å². The van der Waals surface area contributed by atoms with E-state index < -0.39 is 0 Å². The van der Waals surface area contributed by atoms with Crippen molar-refractivity contribution in [2.75, 3.05) is 11.9 Å². The van der Waals surface area contributed by atoms with Crippen LogP contribution in [0.1, 0.15) is 11.5 Å². The molecule has 0 bridgehead atoms. The summed E-state index contributed by atoms with van der Waals surface area (Å²) in [6, 6.07) is 11.8. The van der Waals surface area contributed by atoms with Gasteiger partial charge in [-0.2, -0.15) is 5.26 Å². The third kappa shape index (κ3) is 1.97. The predicted molar refractivity (Wildman–Crippen MR) is 77.8 cm³/mol. The van der Waals surface area contributed by atoms with Crippen LogP contribution < -0.4 is 4.90 Å². The first-order valence-electron chi connectivity index (χ1n) is 6.24. The van der Waals surface area contributed by atoms with Gasteiger partial charge in [-0.05, 0) is 13.0 Å². The van der Waals surface area contributed by atoms with Crippen LogP contribution in [0.3, 0.4) is 0 Å². The van der Waals surface area contributed by atoms with Crippen molar-refractivity contribution in [2.24, 2.45) is 0 Å². The number of H-pyrrole nitrogens is 1. The molecule has 0 spiro atoms. The van der Waals surface area contributed by atoms with Gasteiger partial charge in [0.25, 0.3) is 0 Å². The van der Waals surface area contributed by atoms with Crippen LogP contribution in [0, 0.1) is 18.3 Å². The van der Waals surface area contributed by atoms with Gasteiger partial charge in [0.2, 0.25) is 0 Å². The Balaban J connectivity index is 2.11. The second-order valence-electron chi connectivity index (χ2n) is 4.55. The summed E-state index contributed by atoms with van der Waals surface area (Å²) in [6.45, 7) is 1.79. The fourth-order valence-electron chi connectivity index (χ4n) is 2.24. The van der Waals surface area contributed by atoms with E-state index >= 15 is 0 Å². The summed E-state index contributed by atoms with van der Waals surface area (Å²) in [5.74, 6) is 1.30. The lowest BCUT2D eigenvalue weighted by atomic mass is 10.2. The molecule has 2 heterocycles. The van der Waals surface area contributed by atoms with Gasteiger partial charge in [-0.3, -0.25) is 0 Å². The van der Waals surface area contributed by atoms with E-state index in [0.29, 0.717) is 17.3 Å². The molecule has 0 radical (unpaired) electrons. The number of rotatable bonds is 2. The molecule has 0 aliphatic rings. The first kappa shape index (κ1) is 12.2. The molecule has 0 amide bonds. The fourth-order valence-corrected chi connectivity index (χ4v) is 2.24. The Hall–Kier alpha value is -2.87. The second kappa shape index (κ2) is 4.67. The van der Waals surface area contributed by atoms with Crippen LogP contribution in [0.25, 0.3) is 10.9 Å². The van der Waals surface area contributed by atoms with Crippen LogP contribution in [0.4, 0.5) is 11.5 Å². The SMILES string of the molecule is Cc1nc(C#N)cc(N(C)c2c[nH]c3ccccc23)n1. The predicted octanol–water partition coefficient (Wildman–Crippen LogP) is 2.91. The van der Waals surface area contributed by atoms with Crippen LogP contribution in [-0.4, -0.2) is 22.0 Å². The van der Waals surface area contributed by atoms with Crippen LogP contribution in [0.5, 0.6) is 0 Å². The number of aryl methyl sites for hydroxylation is 1. The summed E-state index contributed by atoms with van der Waals surface area (Å²) in [4.78, 5) is 13.7. The van der Waals surface area contributed by atoms with Crippen molar-refractivity contribution in [2.45, 2.75) is 6.92 Å². The smallest absolute Gasteiger partial charge is 0.146 e. The third-order valence-electron chi connectivity index (χ3n) is 3.21. The number of nitrogens with one attached hydrogen (secondary N) is 1. The zero-order valence-corrected chi connectivity index (χ0v) is 11.3. The van der Waals surface area contributed by atoms with Crippen molar-refractivity contribution in [1.82, 2.24) is 15.0 Å². The summed E-state index contributed by atoms with van der Waals surface area (Å²) in [5, 5.41) is 10.1. The quantitative estimate of drug-likeness (QED) is 0.771. The van der Waals surface area contributed by atoms with E-state index in [4.69, 9.17) is 5.26 Å². The molecule has 0 aliphatic carbocycles. The van der Waals surface area contributed by atoms with Gasteiger partial charge in [-0.15, -0.1) is 0 Å². The first-order chi connectivity index (χ1) is 9.69. The van der Waals surface area contributed by atoms with E-state index in [1.807, 2.05) is 36.3 Å². The molecule has 98 valence electrons. The average molecular weight is 263 g/mol. The standard InChI is InChI=1S/C15H13N5/c1-10-18-11(8-16)7-15(19-10)20(2)14-9-17-13-6-4-3-5-12(13)14/h3-7,9,17H,1-2H3. The molecule has 0 fully saturated rings. The third-order valence-corrected chi connectivity index (χ3v) is 3.21. The maximum Gasteiger partial charge on any atom is 0.146 e. The number of anilines is 2. The minimum atomic E-state index is 0.374. The molecule has 1 aromatic carbocycles. The molecule has 2 aromatic heterocycles. The molecule has 5 heteroatoms. The minimum absolute atomic E-state index is 0.374. The second-order valence-corrected chi connectivity index (χ2v) is 4.55. The van der Waals surface area contributed by atoms with E-state index in [-0.39, 0.29) is 0 Å². The lowest BCUT2D eigenvalue weighted by Crippen LogP contribution is -2.12. The van der Waals surface area contributed by atoms with Gasteiger partial charge in [0.05, 0.1) is 5.69 Å². The molecular weight excluding hydrogens is 250 g/mol. The number of para-hydroxylation sites is 1. The van der Waals surface area contributed by atoms with E-state index in [9.17, 15) is 0 Å². The number of nitrogens with zero attached hydrogens (tertiary/aromatic N) is 4. The summed E-state index contributed by atoms with van der Waals surface area (Å²) < 4.78 is 0. The normalized spacial score (nSPS) is 10.4. The molecule has 3 aromatic rings. The van der Waals surface area contributed by atoms with Crippen molar-refractivity contribution in [3.05, 3.63) is 48.0 Å². The van der Waals surface area contributed by atoms with E-state index in [2.05, 4.69) is 27.1 Å². The minimum Gasteiger partial charge on any atom is -0.359 e. The Labute approximate surface area is 116 Å².